The Bertz CT molecular complexity index is 1200. The van der Waals surface area contributed by atoms with Crippen molar-refractivity contribution in [1.29, 1.82) is 0 Å². The zero-order chi connectivity index (χ0) is 22.4. The number of halogens is 3. The number of hydrogen-bond donors (Lipinski definition) is 1. The molecule has 2 aliphatic rings. The van der Waals surface area contributed by atoms with Gasteiger partial charge in [0, 0.05) is 11.8 Å². The molecule has 5 rings (SSSR count). The van der Waals surface area contributed by atoms with Crippen molar-refractivity contribution < 1.29 is 18.3 Å². The van der Waals surface area contributed by atoms with Crippen LogP contribution in [0.5, 0.6) is 5.75 Å². The van der Waals surface area contributed by atoms with Gasteiger partial charge in [-0.15, -0.1) is 0 Å². The maximum Gasteiger partial charge on any atom is 0.256 e. The van der Waals surface area contributed by atoms with Gasteiger partial charge in [0.15, 0.2) is 5.82 Å². The molecular weight excluding hydrogens is 438 g/mol. The molecule has 0 bridgehead atoms. The number of nitrogens with one attached hydrogen (secondary N) is 1. The normalized spacial score (nSPS) is 15.5. The fourth-order valence-electron chi connectivity index (χ4n) is 3.81. The lowest BCUT2D eigenvalue weighted by molar-refractivity contribution is 0.108. The molecule has 6 nitrogen and oxygen atoms in total. The van der Waals surface area contributed by atoms with E-state index in [1.807, 2.05) is 0 Å². The summed E-state index contributed by atoms with van der Waals surface area (Å²) in [6, 6.07) is 5.11. The average molecular weight is 457 g/mol. The Morgan fingerprint density at radius 1 is 1.09 bits per heavy atom. The third kappa shape index (κ3) is 3.79. The number of rotatable bonds is 7. The molecule has 2 saturated carbocycles. The lowest BCUT2D eigenvalue weighted by Gasteiger charge is -2.17. The molecule has 0 spiro atoms. The summed E-state index contributed by atoms with van der Waals surface area (Å²) in [6.07, 6.45) is 5.57. The number of ether oxygens (including phenoxy) is 1. The van der Waals surface area contributed by atoms with E-state index in [9.17, 15) is 13.6 Å². The maximum atomic E-state index is 15.0. The van der Waals surface area contributed by atoms with E-state index in [0.717, 1.165) is 43.1 Å². The van der Waals surface area contributed by atoms with Gasteiger partial charge in [0.1, 0.15) is 29.4 Å². The van der Waals surface area contributed by atoms with Crippen molar-refractivity contribution in [2.75, 3.05) is 12.4 Å². The molecule has 1 aromatic carbocycles. The molecule has 0 unspecified atom stereocenters. The summed E-state index contributed by atoms with van der Waals surface area (Å²) in [5.74, 6) is -0.874. The van der Waals surface area contributed by atoms with E-state index in [-0.39, 0.29) is 28.4 Å². The topological polar surface area (TPSA) is 77.0 Å². The summed E-state index contributed by atoms with van der Waals surface area (Å²) in [6.45, 7) is 0. The van der Waals surface area contributed by atoms with Gasteiger partial charge in [0.2, 0.25) is 0 Å². The van der Waals surface area contributed by atoms with Gasteiger partial charge in [-0.2, -0.15) is 0 Å². The van der Waals surface area contributed by atoms with Gasteiger partial charge in [-0.1, -0.05) is 6.07 Å². The van der Waals surface area contributed by atoms with Crippen LogP contribution in [-0.4, -0.2) is 27.3 Å². The lowest BCUT2D eigenvalue weighted by atomic mass is 10.1. The van der Waals surface area contributed by atoms with Crippen molar-refractivity contribution in [3.63, 3.8) is 0 Å². The second-order valence-electron chi connectivity index (χ2n) is 8.00. The predicted octanol–water partition coefficient (Wildman–Crippen LogP) is 5.70. The molecule has 3 aromatic rings. The van der Waals surface area contributed by atoms with E-state index in [1.54, 1.807) is 6.33 Å². The van der Waals surface area contributed by atoms with Gasteiger partial charge in [0.25, 0.3) is 5.24 Å². The van der Waals surface area contributed by atoms with Gasteiger partial charge in [0.05, 0.1) is 35.3 Å². The number of carbonyl (C=O) groups excluding carboxylic acids is 1. The van der Waals surface area contributed by atoms with E-state index in [1.165, 1.54) is 25.3 Å². The van der Waals surface area contributed by atoms with E-state index < -0.39 is 16.9 Å². The zero-order valence-corrected chi connectivity index (χ0v) is 17.9. The molecule has 0 radical (unpaired) electrons. The van der Waals surface area contributed by atoms with Crippen LogP contribution in [0.25, 0.3) is 11.3 Å². The molecule has 164 valence electrons. The van der Waals surface area contributed by atoms with Crippen molar-refractivity contribution in [3.05, 3.63) is 59.2 Å². The molecule has 32 heavy (non-hydrogen) atoms. The molecule has 2 aliphatic carbocycles. The van der Waals surface area contributed by atoms with Crippen LogP contribution in [0.15, 0.2) is 30.6 Å². The fourth-order valence-corrected chi connectivity index (χ4v) is 3.95. The summed E-state index contributed by atoms with van der Waals surface area (Å²) in [7, 11) is 1.36. The Labute approximate surface area is 188 Å². The lowest BCUT2D eigenvalue weighted by Crippen LogP contribution is -2.10. The first-order valence-corrected chi connectivity index (χ1v) is 10.7. The van der Waals surface area contributed by atoms with Gasteiger partial charge >= 0.3 is 0 Å². The third-order valence-corrected chi connectivity index (χ3v) is 5.90. The highest BCUT2D eigenvalue weighted by atomic mass is 35.5. The SMILES string of the molecule is COc1cccc(F)c1-c1nc(Nc2c(C3CC3)ncnc2C2CC2)c(C(=O)Cl)cc1F. The summed E-state index contributed by atoms with van der Waals surface area (Å²) >= 11 is 5.75. The number of carbonyl (C=O) groups is 1. The summed E-state index contributed by atoms with van der Waals surface area (Å²) < 4.78 is 34.9. The van der Waals surface area contributed by atoms with Crippen molar-refractivity contribution in [2.24, 2.45) is 0 Å². The smallest absolute Gasteiger partial charge is 0.256 e. The molecular formula is C23H19ClF2N4O2. The van der Waals surface area contributed by atoms with Gasteiger partial charge in [-0.25, -0.2) is 23.7 Å². The quantitative estimate of drug-likeness (QED) is 0.459. The van der Waals surface area contributed by atoms with E-state index in [2.05, 4.69) is 20.3 Å². The first-order valence-electron chi connectivity index (χ1n) is 10.3. The summed E-state index contributed by atoms with van der Waals surface area (Å²) in [4.78, 5) is 25.3. The Morgan fingerprint density at radius 3 is 2.31 bits per heavy atom. The Balaban J connectivity index is 1.67. The summed E-state index contributed by atoms with van der Waals surface area (Å²) in [5, 5.41) is 2.27. The summed E-state index contributed by atoms with van der Waals surface area (Å²) in [5.41, 5.74) is 1.76. The number of methoxy groups -OCH3 is 1. The minimum absolute atomic E-state index is 0.0188. The third-order valence-electron chi connectivity index (χ3n) is 5.70. The van der Waals surface area contributed by atoms with Crippen molar-refractivity contribution in [2.45, 2.75) is 37.5 Å². The first kappa shape index (κ1) is 20.8. The van der Waals surface area contributed by atoms with E-state index in [0.29, 0.717) is 17.5 Å². The molecule has 2 aromatic heterocycles. The zero-order valence-electron chi connectivity index (χ0n) is 17.2. The molecule has 0 aliphatic heterocycles. The number of benzene rings is 1. The Morgan fingerprint density at radius 2 is 1.75 bits per heavy atom. The molecule has 0 atom stereocenters. The van der Waals surface area contributed by atoms with Gasteiger partial charge in [-0.05, 0) is 55.5 Å². The van der Waals surface area contributed by atoms with Crippen LogP contribution < -0.4 is 10.1 Å². The average Bonchev–Trinajstić information content (AvgIpc) is 3.68. The van der Waals surface area contributed by atoms with Crippen LogP contribution >= 0.6 is 11.6 Å². The van der Waals surface area contributed by atoms with Crippen molar-refractivity contribution in [3.8, 4) is 17.0 Å². The second kappa shape index (κ2) is 8.09. The Kier molecular flexibility index (Phi) is 5.25. The molecule has 1 N–H and O–H groups in total. The molecule has 0 saturated heterocycles. The highest BCUT2D eigenvalue weighted by molar-refractivity contribution is 6.68. The molecule has 2 heterocycles. The van der Waals surface area contributed by atoms with Gasteiger partial charge < -0.3 is 10.1 Å². The van der Waals surface area contributed by atoms with Crippen LogP contribution in [0.3, 0.4) is 0 Å². The number of hydrogen-bond acceptors (Lipinski definition) is 6. The largest absolute Gasteiger partial charge is 0.496 e. The number of anilines is 2. The van der Waals surface area contributed by atoms with Crippen LogP contribution in [0.2, 0.25) is 0 Å². The van der Waals surface area contributed by atoms with Crippen LogP contribution in [0.4, 0.5) is 20.3 Å². The number of aromatic nitrogens is 3. The van der Waals surface area contributed by atoms with Crippen LogP contribution in [-0.2, 0) is 0 Å². The van der Waals surface area contributed by atoms with Crippen molar-refractivity contribution in [1.82, 2.24) is 15.0 Å². The Hall–Kier alpha value is -3.13. The van der Waals surface area contributed by atoms with E-state index >= 15 is 0 Å². The monoisotopic (exact) mass is 456 g/mol. The minimum atomic E-state index is -0.892. The van der Waals surface area contributed by atoms with Crippen molar-refractivity contribution >= 4 is 28.3 Å². The fraction of sp³-hybridized carbons (Fsp3) is 0.304. The van der Waals surface area contributed by atoms with Crippen LogP contribution in [0.1, 0.15) is 59.3 Å². The highest BCUT2D eigenvalue weighted by Gasteiger charge is 2.35. The number of nitrogens with zero attached hydrogens (tertiary/aromatic N) is 3. The predicted molar refractivity (Wildman–Crippen MR) is 116 cm³/mol. The second-order valence-corrected chi connectivity index (χ2v) is 8.34. The van der Waals surface area contributed by atoms with E-state index in [4.69, 9.17) is 16.3 Å². The number of pyridine rings is 1. The van der Waals surface area contributed by atoms with Crippen LogP contribution in [0, 0.1) is 11.6 Å². The molecule has 2 fully saturated rings. The standard InChI is InChI=1S/C23H19ClF2N4O2/c1-32-16-4-2-3-14(25)17(16)20-15(26)9-13(22(24)31)23(29-20)30-21-18(11-5-6-11)27-10-28-19(21)12-7-8-12/h2-4,9-12H,5-8H2,1H3,(H,29,30). The first-order chi connectivity index (χ1) is 15.5. The maximum absolute atomic E-state index is 15.0. The van der Waals surface area contributed by atoms with Gasteiger partial charge in [-0.3, -0.25) is 4.79 Å². The minimum Gasteiger partial charge on any atom is -0.496 e. The molecule has 0 amide bonds. The highest BCUT2D eigenvalue weighted by Crippen LogP contribution is 2.49. The molecule has 9 heteroatoms.